The highest BCUT2D eigenvalue weighted by atomic mass is 19.4. The number of pyridine rings is 1. The van der Waals surface area contributed by atoms with E-state index in [1.807, 2.05) is 6.92 Å². The number of aryl methyl sites for hydroxylation is 2. The first-order chi connectivity index (χ1) is 14.2. The fourth-order valence-corrected chi connectivity index (χ4v) is 2.95. The van der Waals surface area contributed by atoms with Gasteiger partial charge in [0.25, 0.3) is 5.91 Å². The van der Waals surface area contributed by atoms with Gasteiger partial charge in [0.2, 0.25) is 0 Å². The Bertz CT molecular complexity index is 1060. The van der Waals surface area contributed by atoms with E-state index in [1.165, 1.54) is 25.2 Å². The largest absolute Gasteiger partial charge is 0.419 e. The van der Waals surface area contributed by atoms with Gasteiger partial charge < -0.3 is 16.0 Å². The Morgan fingerprint density at radius 2 is 1.90 bits per heavy atom. The van der Waals surface area contributed by atoms with Gasteiger partial charge in [-0.1, -0.05) is 19.1 Å². The monoisotopic (exact) mass is 418 g/mol. The van der Waals surface area contributed by atoms with Crippen molar-refractivity contribution < 1.29 is 18.0 Å². The number of nitrogens with zero attached hydrogens (tertiary/aromatic N) is 2. The van der Waals surface area contributed by atoms with Crippen molar-refractivity contribution in [1.82, 2.24) is 20.5 Å². The summed E-state index contributed by atoms with van der Waals surface area (Å²) in [4.78, 5) is 16.0. The van der Waals surface area contributed by atoms with Gasteiger partial charge in [0.1, 0.15) is 5.82 Å². The van der Waals surface area contributed by atoms with Crippen LogP contribution in [0.1, 0.15) is 34.2 Å². The number of anilines is 4. The van der Waals surface area contributed by atoms with E-state index < -0.39 is 17.6 Å². The minimum Gasteiger partial charge on any atom is -0.355 e. The van der Waals surface area contributed by atoms with Gasteiger partial charge in [-0.05, 0) is 25.5 Å². The molecule has 30 heavy (non-hydrogen) atoms. The molecule has 158 valence electrons. The second kappa shape index (κ2) is 8.44. The molecule has 0 saturated carbocycles. The number of H-pyrrole nitrogens is 1. The minimum absolute atomic E-state index is 0.210. The van der Waals surface area contributed by atoms with Crippen LogP contribution in [0.5, 0.6) is 0 Å². The molecule has 0 radical (unpaired) electrons. The zero-order chi connectivity index (χ0) is 21.9. The molecule has 2 heterocycles. The fourth-order valence-electron chi connectivity index (χ4n) is 2.95. The average Bonchev–Trinajstić information content (AvgIpc) is 3.06. The van der Waals surface area contributed by atoms with E-state index in [9.17, 15) is 18.0 Å². The number of hydrogen-bond acceptors (Lipinski definition) is 5. The van der Waals surface area contributed by atoms with Gasteiger partial charge in [-0.15, -0.1) is 0 Å². The fraction of sp³-hybridized carbons (Fsp3) is 0.250. The zero-order valence-electron chi connectivity index (χ0n) is 16.6. The number of aromatic amines is 1. The van der Waals surface area contributed by atoms with Crippen molar-refractivity contribution in [3.63, 3.8) is 0 Å². The molecule has 1 aromatic carbocycles. The highest BCUT2D eigenvalue weighted by molar-refractivity contribution is 6.00. The van der Waals surface area contributed by atoms with Crippen LogP contribution >= 0.6 is 0 Å². The zero-order valence-corrected chi connectivity index (χ0v) is 16.6. The first-order valence-corrected chi connectivity index (χ1v) is 9.20. The molecular formula is C20H21F3N6O. The average molecular weight is 418 g/mol. The summed E-state index contributed by atoms with van der Waals surface area (Å²) in [6.07, 6.45) is -3.21. The number of alkyl halides is 3. The SMILES string of the molecule is CCc1[nH]nc(C)c1Nc1cc(Nc2ccccc2C(=O)NC)c(C(F)(F)F)cn1. The maximum atomic E-state index is 13.6. The van der Waals surface area contributed by atoms with Crippen LogP contribution in [0.3, 0.4) is 0 Å². The van der Waals surface area contributed by atoms with E-state index >= 15 is 0 Å². The van der Waals surface area contributed by atoms with Gasteiger partial charge in [-0.3, -0.25) is 9.89 Å². The third-order valence-electron chi connectivity index (χ3n) is 4.51. The Balaban J connectivity index is 2.03. The summed E-state index contributed by atoms with van der Waals surface area (Å²) >= 11 is 0. The van der Waals surface area contributed by atoms with Crippen molar-refractivity contribution in [2.75, 3.05) is 17.7 Å². The number of nitrogens with one attached hydrogen (secondary N) is 4. The molecule has 4 N–H and O–H groups in total. The van der Waals surface area contributed by atoms with Gasteiger partial charge in [-0.25, -0.2) is 4.98 Å². The molecular weight excluding hydrogens is 397 g/mol. The maximum absolute atomic E-state index is 13.6. The summed E-state index contributed by atoms with van der Waals surface area (Å²) in [7, 11) is 1.45. The Morgan fingerprint density at radius 3 is 2.57 bits per heavy atom. The quantitative estimate of drug-likeness (QED) is 0.472. The first kappa shape index (κ1) is 21.2. The summed E-state index contributed by atoms with van der Waals surface area (Å²) in [5.41, 5.74) is 1.45. The van der Waals surface area contributed by atoms with Crippen LogP contribution in [0.15, 0.2) is 36.5 Å². The van der Waals surface area contributed by atoms with Crippen LogP contribution < -0.4 is 16.0 Å². The molecule has 3 rings (SSSR count). The van der Waals surface area contributed by atoms with Crippen molar-refractivity contribution in [3.8, 4) is 0 Å². The molecule has 0 spiro atoms. The molecule has 1 amide bonds. The van der Waals surface area contributed by atoms with Crippen LogP contribution in [0.4, 0.5) is 36.1 Å². The van der Waals surface area contributed by atoms with E-state index in [0.29, 0.717) is 17.8 Å². The molecule has 0 aliphatic rings. The van der Waals surface area contributed by atoms with E-state index in [1.54, 1.807) is 19.1 Å². The Hall–Kier alpha value is -3.56. The first-order valence-electron chi connectivity index (χ1n) is 9.20. The van der Waals surface area contributed by atoms with Crippen molar-refractivity contribution in [1.29, 1.82) is 0 Å². The summed E-state index contributed by atoms with van der Waals surface area (Å²) in [5, 5.41) is 15.2. The van der Waals surface area contributed by atoms with E-state index in [0.717, 1.165) is 11.9 Å². The van der Waals surface area contributed by atoms with Crippen LogP contribution in [-0.4, -0.2) is 28.1 Å². The van der Waals surface area contributed by atoms with E-state index in [2.05, 4.69) is 31.1 Å². The molecule has 2 aromatic heterocycles. The number of rotatable bonds is 6. The number of halogens is 3. The Kier molecular flexibility index (Phi) is 5.95. The number of benzene rings is 1. The van der Waals surface area contributed by atoms with Crippen molar-refractivity contribution in [2.24, 2.45) is 0 Å². The third kappa shape index (κ3) is 4.37. The van der Waals surface area contributed by atoms with Gasteiger partial charge in [-0.2, -0.15) is 18.3 Å². The molecule has 0 fully saturated rings. The standard InChI is InChI=1S/C20H21F3N6O/c1-4-14-18(11(2)28-29-14)27-17-9-16(13(10-25-17)20(21,22)23)26-15-8-6-5-7-12(15)19(30)24-3/h5-10H,4H2,1-3H3,(H,24,30)(H,28,29)(H2,25,26,27). The third-order valence-corrected chi connectivity index (χ3v) is 4.51. The lowest BCUT2D eigenvalue weighted by Crippen LogP contribution is -2.19. The van der Waals surface area contributed by atoms with Crippen molar-refractivity contribution in [3.05, 3.63) is 59.0 Å². The normalized spacial score (nSPS) is 11.3. The van der Waals surface area contributed by atoms with Crippen molar-refractivity contribution in [2.45, 2.75) is 26.4 Å². The number of carbonyl (C=O) groups excluding carboxylic acids is 1. The maximum Gasteiger partial charge on any atom is 0.419 e. The molecule has 3 aromatic rings. The second-order valence-corrected chi connectivity index (χ2v) is 6.50. The van der Waals surface area contributed by atoms with Crippen molar-refractivity contribution >= 4 is 28.8 Å². The van der Waals surface area contributed by atoms with Crippen LogP contribution in [0, 0.1) is 6.92 Å². The van der Waals surface area contributed by atoms with Crippen LogP contribution in [0.2, 0.25) is 0 Å². The molecule has 0 atom stereocenters. The minimum atomic E-state index is -4.63. The molecule has 10 heteroatoms. The second-order valence-electron chi connectivity index (χ2n) is 6.50. The van der Waals surface area contributed by atoms with Gasteiger partial charge in [0.15, 0.2) is 0 Å². The lowest BCUT2D eigenvalue weighted by atomic mass is 10.1. The number of carbonyl (C=O) groups is 1. The summed E-state index contributed by atoms with van der Waals surface area (Å²) in [6, 6.07) is 7.58. The molecule has 0 aliphatic carbocycles. The molecule has 0 aliphatic heterocycles. The molecule has 0 saturated heterocycles. The number of para-hydroxylation sites is 1. The van der Waals surface area contributed by atoms with E-state index in [4.69, 9.17) is 0 Å². The summed E-state index contributed by atoms with van der Waals surface area (Å²) in [5.74, 6) is -0.206. The lowest BCUT2D eigenvalue weighted by Gasteiger charge is -2.17. The lowest BCUT2D eigenvalue weighted by molar-refractivity contribution is -0.137. The predicted molar refractivity (Wildman–Crippen MR) is 108 cm³/mol. The van der Waals surface area contributed by atoms with Crippen LogP contribution in [0.25, 0.3) is 0 Å². The highest BCUT2D eigenvalue weighted by Gasteiger charge is 2.34. The Labute approximate surface area is 171 Å². The van der Waals surface area contributed by atoms with Gasteiger partial charge >= 0.3 is 6.18 Å². The smallest absolute Gasteiger partial charge is 0.355 e. The topological polar surface area (TPSA) is 94.7 Å². The van der Waals surface area contributed by atoms with Gasteiger partial charge in [0, 0.05) is 19.3 Å². The number of amides is 1. The summed E-state index contributed by atoms with van der Waals surface area (Å²) in [6.45, 7) is 3.71. The predicted octanol–water partition coefficient (Wildman–Crippen LogP) is 4.54. The molecule has 7 nitrogen and oxygen atoms in total. The van der Waals surface area contributed by atoms with Gasteiger partial charge in [0.05, 0.1) is 39.6 Å². The highest BCUT2D eigenvalue weighted by Crippen LogP contribution is 2.38. The number of aromatic nitrogens is 3. The van der Waals surface area contributed by atoms with Crippen LogP contribution in [-0.2, 0) is 12.6 Å². The number of hydrogen-bond donors (Lipinski definition) is 4. The Morgan fingerprint density at radius 1 is 1.17 bits per heavy atom. The van der Waals surface area contributed by atoms with E-state index in [-0.39, 0.29) is 22.8 Å². The molecule has 0 bridgehead atoms. The summed E-state index contributed by atoms with van der Waals surface area (Å²) < 4.78 is 40.7. The molecule has 0 unspecified atom stereocenters.